The zero-order valence-electron chi connectivity index (χ0n) is 10.6. The van der Waals surface area contributed by atoms with Crippen LogP contribution in [0.15, 0.2) is 36.4 Å². The van der Waals surface area contributed by atoms with E-state index in [9.17, 15) is 9.18 Å². The number of anilines is 2. The Bertz CT molecular complexity index is 720. The Morgan fingerprint density at radius 3 is 2.55 bits per heavy atom. The summed E-state index contributed by atoms with van der Waals surface area (Å²) in [6.07, 6.45) is 0. The molecule has 0 amide bonds. The quantitative estimate of drug-likeness (QED) is 0.895. The molecule has 0 atom stereocenters. The van der Waals surface area contributed by atoms with E-state index in [0.717, 1.165) is 11.6 Å². The van der Waals surface area contributed by atoms with Crippen LogP contribution in [0.2, 0.25) is 0 Å². The van der Waals surface area contributed by atoms with Gasteiger partial charge in [-0.2, -0.15) is 5.26 Å². The first kappa shape index (κ1) is 13.6. The number of halogens is 1. The molecule has 2 aromatic carbocycles. The van der Waals surface area contributed by atoms with Gasteiger partial charge in [0, 0.05) is 0 Å². The van der Waals surface area contributed by atoms with Crippen LogP contribution in [-0.2, 0) is 0 Å². The van der Waals surface area contributed by atoms with Gasteiger partial charge in [0.15, 0.2) is 0 Å². The van der Waals surface area contributed by atoms with Crippen molar-refractivity contribution in [1.82, 2.24) is 0 Å². The number of carboxylic acids is 1. The lowest BCUT2D eigenvalue weighted by Crippen LogP contribution is -2.04. The van der Waals surface area contributed by atoms with E-state index in [-0.39, 0.29) is 16.8 Å². The van der Waals surface area contributed by atoms with Crippen LogP contribution in [0.25, 0.3) is 0 Å². The van der Waals surface area contributed by atoms with E-state index in [1.807, 2.05) is 6.07 Å². The SMILES string of the molecule is Cc1ccc(Nc2ccc(C#N)cc2F)c(C(=O)O)c1. The molecule has 0 aromatic heterocycles. The lowest BCUT2D eigenvalue weighted by Gasteiger charge is -2.11. The standard InChI is InChI=1S/C15H11FN2O2/c1-9-2-4-13(11(6-9)15(19)20)18-14-5-3-10(8-17)7-12(14)16/h2-7,18H,1H3,(H,19,20). The van der Waals surface area contributed by atoms with E-state index in [1.54, 1.807) is 19.1 Å². The van der Waals surface area contributed by atoms with Gasteiger partial charge < -0.3 is 10.4 Å². The number of hydrogen-bond donors (Lipinski definition) is 2. The number of nitrogens with zero attached hydrogens (tertiary/aromatic N) is 1. The molecule has 20 heavy (non-hydrogen) atoms. The van der Waals surface area contributed by atoms with E-state index in [2.05, 4.69) is 5.32 Å². The number of aryl methyl sites for hydroxylation is 1. The maximum absolute atomic E-state index is 13.8. The molecular formula is C15H11FN2O2. The average Bonchev–Trinajstić information content (AvgIpc) is 2.42. The number of rotatable bonds is 3. The highest BCUT2D eigenvalue weighted by atomic mass is 19.1. The van der Waals surface area contributed by atoms with E-state index >= 15 is 0 Å². The van der Waals surface area contributed by atoms with Gasteiger partial charge >= 0.3 is 5.97 Å². The third kappa shape index (κ3) is 2.75. The van der Waals surface area contributed by atoms with Crippen molar-refractivity contribution >= 4 is 17.3 Å². The second-order valence-corrected chi connectivity index (χ2v) is 4.29. The van der Waals surface area contributed by atoms with Crippen LogP contribution in [-0.4, -0.2) is 11.1 Å². The largest absolute Gasteiger partial charge is 0.478 e. The molecule has 0 aliphatic rings. The minimum absolute atomic E-state index is 0.0637. The van der Waals surface area contributed by atoms with Gasteiger partial charge in [0.05, 0.1) is 28.6 Å². The fraction of sp³-hybridized carbons (Fsp3) is 0.0667. The minimum Gasteiger partial charge on any atom is -0.478 e. The summed E-state index contributed by atoms with van der Waals surface area (Å²) in [5, 5.41) is 20.6. The molecule has 0 aliphatic carbocycles. The molecule has 0 saturated carbocycles. The van der Waals surface area contributed by atoms with E-state index in [0.29, 0.717) is 5.69 Å². The lowest BCUT2D eigenvalue weighted by molar-refractivity contribution is 0.0698. The molecule has 0 fully saturated rings. The Kier molecular flexibility index (Phi) is 3.67. The minimum atomic E-state index is -1.09. The number of carbonyl (C=O) groups is 1. The number of aromatic carboxylic acids is 1. The van der Waals surface area contributed by atoms with Gasteiger partial charge in [-0.15, -0.1) is 0 Å². The Morgan fingerprint density at radius 2 is 1.95 bits per heavy atom. The second kappa shape index (κ2) is 5.41. The first-order valence-electron chi connectivity index (χ1n) is 5.82. The van der Waals surface area contributed by atoms with E-state index < -0.39 is 11.8 Å². The molecule has 0 aliphatic heterocycles. The van der Waals surface area contributed by atoms with Crippen molar-refractivity contribution < 1.29 is 14.3 Å². The maximum atomic E-state index is 13.8. The van der Waals surface area contributed by atoms with Gasteiger partial charge in [-0.3, -0.25) is 0 Å². The van der Waals surface area contributed by atoms with Crippen LogP contribution in [0.4, 0.5) is 15.8 Å². The van der Waals surface area contributed by atoms with Crippen molar-refractivity contribution in [2.45, 2.75) is 6.92 Å². The second-order valence-electron chi connectivity index (χ2n) is 4.29. The van der Waals surface area contributed by atoms with Gasteiger partial charge in [0.2, 0.25) is 0 Å². The van der Waals surface area contributed by atoms with Crippen LogP contribution in [0.1, 0.15) is 21.5 Å². The molecule has 0 spiro atoms. The fourth-order valence-corrected chi connectivity index (χ4v) is 1.78. The molecule has 2 aromatic rings. The van der Waals surface area contributed by atoms with Gasteiger partial charge in [0.25, 0.3) is 0 Å². The third-order valence-corrected chi connectivity index (χ3v) is 2.77. The zero-order chi connectivity index (χ0) is 14.7. The molecule has 2 rings (SSSR count). The summed E-state index contributed by atoms with van der Waals surface area (Å²) in [5.74, 6) is -1.70. The van der Waals surface area contributed by atoms with Crippen LogP contribution >= 0.6 is 0 Å². The van der Waals surface area contributed by atoms with Gasteiger partial charge in [-0.25, -0.2) is 9.18 Å². The van der Waals surface area contributed by atoms with Crippen molar-refractivity contribution in [3.63, 3.8) is 0 Å². The summed E-state index contributed by atoms with van der Waals surface area (Å²) in [6.45, 7) is 1.78. The van der Waals surface area contributed by atoms with Crippen molar-refractivity contribution in [3.05, 3.63) is 58.9 Å². The highest BCUT2D eigenvalue weighted by molar-refractivity contribution is 5.95. The number of hydrogen-bond acceptors (Lipinski definition) is 3. The average molecular weight is 270 g/mol. The molecule has 0 saturated heterocycles. The van der Waals surface area contributed by atoms with Crippen molar-refractivity contribution in [2.75, 3.05) is 5.32 Å². The third-order valence-electron chi connectivity index (χ3n) is 2.77. The molecule has 0 bridgehead atoms. The van der Waals surface area contributed by atoms with Gasteiger partial charge in [-0.1, -0.05) is 11.6 Å². The fourth-order valence-electron chi connectivity index (χ4n) is 1.78. The van der Waals surface area contributed by atoms with Crippen LogP contribution < -0.4 is 5.32 Å². The number of benzene rings is 2. The number of nitrogens with one attached hydrogen (secondary N) is 1. The van der Waals surface area contributed by atoms with E-state index in [1.165, 1.54) is 18.2 Å². The van der Waals surface area contributed by atoms with Crippen molar-refractivity contribution in [2.24, 2.45) is 0 Å². The lowest BCUT2D eigenvalue weighted by atomic mass is 10.1. The smallest absolute Gasteiger partial charge is 0.337 e. The Morgan fingerprint density at radius 1 is 1.25 bits per heavy atom. The van der Waals surface area contributed by atoms with Gasteiger partial charge in [-0.05, 0) is 37.3 Å². The van der Waals surface area contributed by atoms with Crippen LogP contribution in [0.5, 0.6) is 0 Å². The summed E-state index contributed by atoms with van der Waals surface area (Å²) >= 11 is 0. The monoisotopic (exact) mass is 270 g/mol. The highest BCUT2D eigenvalue weighted by Crippen LogP contribution is 2.24. The summed E-state index contributed by atoms with van der Waals surface area (Å²) in [4.78, 5) is 11.2. The normalized spacial score (nSPS) is 9.85. The predicted octanol–water partition coefficient (Wildman–Crippen LogP) is 3.45. The molecule has 0 heterocycles. The molecular weight excluding hydrogens is 259 g/mol. The molecule has 0 unspecified atom stereocenters. The summed E-state index contributed by atoms with van der Waals surface area (Å²) in [5.41, 5.74) is 1.49. The van der Waals surface area contributed by atoms with Crippen molar-refractivity contribution in [1.29, 1.82) is 5.26 Å². The molecule has 5 heteroatoms. The molecule has 4 nitrogen and oxygen atoms in total. The molecule has 100 valence electrons. The summed E-state index contributed by atoms with van der Waals surface area (Å²) in [6, 6.07) is 10.6. The van der Waals surface area contributed by atoms with Crippen LogP contribution in [0, 0.1) is 24.1 Å². The van der Waals surface area contributed by atoms with E-state index in [4.69, 9.17) is 10.4 Å². The highest BCUT2D eigenvalue weighted by Gasteiger charge is 2.12. The maximum Gasteiger partial charge on any atom is 0.337 e. The summed E-state index contributed by atoms with van der Waals surface area (Å²) in [7, 11) is 0. The van der Waals surface area contributed by atoms with Crippen molar-refractivity contribution in [3.8, 4) is 6.07 Å². The summed E-state index contributed by atoms with van der Waals surface area (Å²) < 4.78 is 13.8. The number of nitriles is 1. The zero-order valence-corrected chi connectivity index (χ0v) is 10.6. The van der Waals surface area contributed by atoms with Crippen LogP contribution in [0.3, 0.4) is 0 Å². The Labute approximate surface area is 115 Å². The first-order chi connectivity index (χ1) is 9.51. The Hall–Kier alpha value is -2.87. The molecule has 2 N–H and O–H groups in total. The predicted molar refractivity (Wildman–Crippen MR) is 72.5 cm³/mol. The Balaban J connectivity index is 2.40. The molecule has 0 radical (unpaired) electrons. The topological polar surface area (TPSA) is 73.1 Å². The number of carboxylic acid groups (broad SMARTS) is 1. The first-order valence-corrected chi connectivity index (χ1v) is 5.82. The van der Waals surface area contributed by atoms with Gasteiger partial charge in [0.1, 0.15) is 5.82 Å².